The molecule has 18 heavy (non-hydrogen) atoms. The summed E-state index contributed by atoms with van der Waals surface area (Å²) in [5.41, 5.74) is 0. The van der Waals surface area contributed by atoms with Crippen LogP contribution in [0, 0.1) is 5.82 Å². The van der Waals surface area contributed by atoms with Crippen LogP contribution in [0.1, 0.15) is 6.42 Å². The number of rotatable bonds is 4. The quantitative estimate of drug-likeness (QED) is 0.793. The van der Waals surface area contributed by atoms with Crippen molar-refractivity contribution in [2.75, 3.05) is 25.1 Å². The van der Waals surface area contributed by atoms with Gasteiger partial charge in [0.25, 0.3) is 0 Å². The number of halogens is 1. The van der Waals surface area contributed by atoms with Crippen molar-refractivity contribution in [2.24, 2.45) is 0 Å². The van der Waals surface area contributed by atoms with Gasteiger partial charge < -0.3 is 4.90 Å². The first kappa shape index (κ1) is 13.7. The molecule has 0 bridgehead atoms. The van der Waals surface area contributed by atoms with Crippen LogP contribution in [-0.2, 0) is 4.79 Å². The normalized spacial score (nSPS) is 19.2. The van der Waals surface area contributed by atoms with Crippen molar-refractivity contribution < 1.29 is 9.18 Å². The van der Waals surface area contributed by atoms with E-state index in [1.54, 1.807) is 12.1 Å². The lowest BCUT2D eigenvalue weighted by molar-refractivity contribution is -0.127. The number of nitrogens with zero attached hydrogens (tertiary/aromatic N) is 1. The third-order valence-electron chi connectivity index (χ3n) is 3.01. The van der Waals surface area contributed by atoms with E-state index in [9.17, 15) is 9.18 Å². The largest absolute Gasteiger partial charge is 0.341 e. The van der Waals surface area contributed by atoms with Gasteiger partial charge in [0.2, 0.25) is 5.91 Å². The molecule has 0 unspecified atom stereocenters. The molecule has 0 spiro atoms. The summed E-state index contributed by atoms with van der Waals surface area (Å²) in [7, 11) is 0. The SMILES string of the molecule is CS[C@H]1CCN(C(=O)CSc2ccc(F)cc2)C1. The summed E-state index contributed by atoms with van der Waals surface area (Å²) in [6, 6.07) is 6.27. The molecule has 1 aliphatic rings. The molecule has 1 saturated heterocycles. The smallest absolute Gasteiger partial charge is 0.232 e. The third-order valence-corrected chi connectivity index (χ3v) is 5.06. The zero-order chi connectivity index (χ0) is 13.0. The first-order valence-corrected chi connectivity index (χ1v) is 8.15. The minimum Gasteiger partial charge on any atom is -0.341 e. The molecule has 0 N–H and O–H groups in total. The first-order chi connectivity index (χ1) is 8.69. The van der Waals surface area contributed by atoms with Crippen molar-refractivity contribution in [2.45, 2.75) is 16.6 Å². The van der Waals surface area contributed by atoms with E-state index in [0.717, 1.165) is 24.4 Å². The van der Waals surface area contributed by atoms with Gasteiger partial charge in [-0.1, -0.05) is 0 Å². The Morgan fingerprint density at radius 2 is 2.17 bits per heavy atom. The fourth-order valence-electron chi connectivity index (χ4n) is 1.91. The lowest BCUT2D eigenvalue weighted by atomic mass is 10.4. The molecule has 1 aromatic carbocycles. The number of hydrogen-bond acceptors (Lipinski definition) is 3. The zero-order valence-electron chi connectivity index (χ0n) is 10.3. The second-order valence-corrected chi connectivity index (χ2v) is 6.42. The van der Waals surface area contributed by atoms with Crippen LogP contribution in [-0.4, -0.2) is 41.2 Å². The number of carbonyl (C=O) groups is 1. The van der Waals surface area contributed by atoms with Crippen molar-refractivity contribution in [3.8, 4) is 0 Å². The van der Waals surface area contributed by atoms with Gasteiger partial charge in [-0.25, -0.2) is 4.39 Å². The van der Waals surface area contributed by atoms with Crippen LogP contribution in [0.2, 0.25) is 0 Å². The van der Waals surface area contributed by atoms with E-state index in [1.165, 1.54) is 23.9 Å². The number of likely N-dealkylation sites (tertiary alicyclic amines) is 1. The Balaban J connectivity index is 1.80. The average Bonchev–Trinajstić information content (AvgIpc) is 2.86. The maximum absolute atomic E-state index is 12.7. The first-order valence-electron chi connectivity index (χ1n) is 5.88. The van der Waals surface area contributed by atoms with Gasteiger partial charge in [-0.05, 0) is 36.9 Å². The molecule has 1 amide bonds. The molecule has 1 atom stereocenters. The highest BCUT2D eigenvalue weighted by Gasteiger charge is 2.25. The molecule has 2 rings (SSSR count). The molecule has 1 aliphatic heterocycles. The van der Waals surface area contributed by atoms with Gasteiger partial charge in [-0.2, -0.15) is 11.8 Å². The summed E-state index contributed by atoms with van der Waals surface area (Å²) in [5, 5.41) is 0.588. The van der Waals surface area contributed by atoms with Crippen LogP contribution >= 0.6 is 23.5 Å². The van der Waals surface area contributed by atoms with E-state index in [-0.39, 0.29) is 11.7 Å². The van der Waals surface area contributed by atoms with Crippen LogP contribution in [0.5, 0.6) is 0 Å². The van der Waals surface area contributed by atoms with Gasteiger partial charge in [0.15, 0.2) is 0 Å². The van der Waals surface area contributed by atoms with Crippen molar-refractivity contribution in [1.82, 2.24) is 4.90 Å². The Morgan fingerprint density at radius 1 is 1.44 bits per heavy atom. The second kappa shape index (κ2) is 6.48. The minimum absolute atomic E-state index is 0.181. The van der Waals surface area contributed by atoms with Crippen LogP contribution in [0.15, 0.2) is 29.2 Å². The van der Waals surface area contributed by atoms with Crippen LogP contribution in [0.4, 0.5) is 4.39 Å². The predicted octanol–water partition coefficient (Wildman–Crippen LogP) is 2.88. The highest BCUT2D eigenvalue weighted by molar-refractivity contribution is 8.00. The number of carbonyl (C=O) groups excluding carboxylic acids is 1. The maximum atomic E-state index is 12.7. The molecule has 1 fully saturated rings. The Morgan fingerprint density at radius 3 is 2.78 bits per heavy atom. The van der Waals surface area contributed by atoms with Gasteiger partial charge in [-0.3, -0.25) is 4.79 Å². The summed E-state index contributed by atoms with van der Waals surface area (Å²) in [6.07, 6.45) is 3.18. The van der Waals surface area contributed by atoms with Gasteiger partial charge in [0.05, 0.1) is 5.75 Å². The van der Waals surface area contributed by atoms with Crippen molar-refractivity contribution in [1.29, 1.82) is 0 Å². The molecule has 0 aliphatic carbocycles. The lowest BCUT2D eigenvalue weighted by Gasteiger charge is -2.15. The second-order valence-electron chi connectivity index (χ2n) is 4.23. The molecule has 98 valence electrons. The summed E-state index contributed by atoms with van der Waals surface area (Å²) in [4.78, 5) is 14.8. The molecular formula is C13H16FNOS2. The average molecular weight is 285 g/mol. The Bertz CT molecular complexity index is 410. The van der Waals surface area contributed by atoms with E-state index in [2.05, 4.69) is 6.26 Å². The summed E-state index contributed by atoms with van der Waals surface area (Å²) in [5.74, 6) is 0.376. The summed E-state index contributed by atoms with van der Waals surface area (Å²) < 4.78 is 12.7. The Hall–Kier alpha value is -0.680. The van der Waals surface area contributed by atoms with Crippen LogP contribution in [0.25, 0.3) is 0 Å². The molecule has 0 aromatic heterocycles. The van der Waals surface area contributed by atoms with Crippen LogP contribution < -0.4 is 0 Å². The Kier molecular flexibility index (Phi) is 4.95. The highest BCUT2D eigenvalue weighted by Crippen LogP contribution is 2.23. The van der Waals surface area contributed by atoms with E-state index < -0.39 is 0 Å². The van der Waals surface area contributed by atoms with Crippen LogP contribution in [0.3, 0.4) is 0 Å². The summed E-state index contributed by atoms with van der Waals surface area (Å²) >= 11 is 3.30. The van der Waals surface area contributed by atoms with Gasteiger partial charge in [0, 0.05) is 23.2 Å². The number of benzene rings is 1. The number of hydrogen-bond donors (Lipinski definition) is 0. The highest BCUT2D eigenvalue weighted by atomic mass is 32.2. The summed E-state index contributed by atoms with van der Waals surface area (Å²) in [6.45, 7) is 1.73. The molecule has 2 nitrogen and oxygen atoms in total. The van der Waals surface area contributed by atoms with Crippen molar-refractivity contribution >= 4 is 29.4 Å². The molecule has 0 saturated carbocycles. The molecule has 1 aromatic rings. The monoisotopic (exact) mass is 285 g/mol. The molecular weight excluding hydrogens is 269 g/mol. The van der Waals surface area contributed by atoms with Gasteiger partial charge >= 0.3 is 0 Å². The topological polar surface area (TPSA) is 20.3 Å². The van der Waals surface area contributed by atoms with E-state index >= 15 is 0 Å². The maximum Gasteiger partial charge on any atom is 0.232 e. The molecule has 1 heterocycles. The van der Waals surface area contributed by atoms with E-state index in [0.29, 0.717) is 11.0 Å². The number of thioether (sulfide) groups is 2. The zero-order valence-corrected chi connectivity index (χ0v) is 11.9. The van der Waals surface area contributed by atoms with Crippen molar-refractivity contribution in [3.63, 3.8) is 0 Å². The molecule has 0 radical (unpaired) electrons. The standard InChI is InChI=1S/C13H16FNOS2/c1-17-12-6-7-15(8-12)13(16)9-18-11-4-2-10(14)3-5-11/h2-5,12H,6-9H2,1H3/t12-/m0/s1. The van der Waals surface area contributed by atoms with Gasteiger partial charge in [0.1, 0.15) is 5.82 Å². The number of amides is 1. The van der Waals surface area contributed by atoms with Gasteiger partial charge in [-0.15, -0.1) is 11.8 Å². The lowest BCUT2D eigenvalue weighted by Crippen LogP contribution is -2.30. The van der Waals surface area contributed by atoms with E-state index in [1.807, 2.05) is 16.7 Å². The minimum atomic E-state index is -0.243. The Labute approximate surface area is 115 Å². The van der Waals surface area contributed by atoms with Crippen molar-refractivity contribution in [3.05, 3.63) is 30.1 Å². The molecule has 5 heteroatoms. The fraction of sp³-hybridized carbons (Fsp3) is 0.462. The fourth-order valence-corrected chi connectivity index (χ4v) is 3.39. The predicted molar refractivity (Wildman–Crippen MR) is 75.6 cm³/mol. The van der Waals surface area contributed by atoms with E-state index in [4.69, 9.17) is 0 Å². The third kappa shape index (κ3) is 3.65.